The zero-order chi connectivity index (χ0) is 10.8. The smallest absolute Gasteiger partial charge is 0.0501 e. The van der Waals surface area contributed by atoms with Crippen molar-refractivity contribution in [1.29, 1.82) is 0 Å². The molecule has 2 rings (SSSR count). The molecule has 2 unspecified atom stereocenters. The van der Waals surface area contributed by atoms with Gasteiger partial charge in [0.25, 0.3) is 0 Å². The first-order chi connectivity index (χ1) is 7.15. The van der Waals surface area contributed by atoms with Gasteiger partial charge in [-0.15, -0.1) is 11.6 Å². The van der Waals surface area contributed by atoms with Crippen molar-refractivity contribution in [2.75, 3.05) is 13.1 Å². The Balaban J connectivity index is 1.98. The maximum Gasteiger partial charge on any atom is 0.0501 e. The monoisotopic (exact) mass is 224 g/mol. The Bertz CT molecular complexity index is 330. The van der Waals surface area contributed by atoms with Crippen LogP contribution in [0.5, 0.6) is 0 Å². The molecule has 2 nitrogen and oxygen atoms in total. The zero-order valence-electron chi connectivity index (χ0n) is 9.28. The molecule has 82 valence electrons. The third-order valence-electron chi connectivity index (χ3n) is 2.93. The van der Waals surface area contributed by atoms with Gasteiger partial charge in [-0.05, 0) is 24.0 Å². The van der Waals surface area contributed by atoms with Gasteiger partial charge >= 0.3 is 0 Å². The van der Waals surface area contributed by atoms with Gasteiger partial charge in [-0.25, -0.2) is 0 Å². The number of nitrogens with zero attached hydrogens (tertiary/aromatic N) is 2. The van der Waals surface area contributed by atoms with Crippen molar-refractivity contribution in [3.8, 4) is 0 Å². The molecule has 1 aromatic rings. The third kappa shape index (κ3) is 2.70. The van der Waals surface area contributed by atoms with E-state index in [-0.39, 0.29) is 0 Å². The minimum absolute atomic E-state index is 0.308. The van der Waals surface area contributed by atoms with Gasteiger partial charge in [0, 0.05) is 32.0 Å². The molecule has 0 aromatic carbocycles. The first-order valence-electron chi connectivity index (χ1n) is 5.42. The molecule has 2 heterocycles. The van der Waals surface area contributed by atoms with Gasteiger partial charge in [-0.3, -0.25) is 9.88 Å². The predicted octanol–water partition coefficient (Wildman–Crippen LogP) is 2.45. The van der Waals surface area contributed by atoms with Crippen LogP contribution in [0.1, 0.15) is 18.1 Å². The van der Waals surface area contributed by atoms with Crippen LogP contribution in [-0.4, -0.2) is 28.4 Å². The van der Waals surface area contributed by atoms with E-state index in [4.69, 9.17) is 11.6 Å². The van der Waals surface area contributed by atoms with Gasteiger partial charge in [0.2, 0.25) is 0 Å². The van der Waals surface area contributed by atoms with Gasteiger partial charge in [0.15, 0.2) is 0 Å². The second kappa shape index (κ2) is 4.50. The first-order valence-corrected chi connectivity index (χ1v) is 5.86. The Morgan fingerprint density at radius 3 is 2.87 bits per heavy atom. The van der Waals surface area contributed by atoms with E-state index >= 15 is 0 Å². The van der Waals surface area contributed by atoms with E-state index in [1.165, 1.54) is 11.1 Å². The summed E-state index contributed by atoms with van der Waals surface area (Å²) >= 11 is 6.20. The van der Waals surface area contributed by atoms with E-state index in [9.17, 15) is 0 Å². The standard InChI is InChI=1S/C12H17ClN2/c1-9-3-11(5-14-4-9)7-15-6-10(2)12(13)8-15/h3-5,10,12H,6-8H2,1-2H3. The van der Waals surface area contributed by atoms with E-state index in [2.05, 4.69) is 29.8 Å². The predicted molar refractivity (Wildman–Crippen MR) is 63.1 cm³/mol. The third-order valence-corrected chi connectivity index (χ3v) is 3.50. The molecule has 0 amide bonds. The van der Waals surface area contributed by atoms with E-state index in [1.807, 2.05) is 12.4 Å². The lowest BCUT2D eigenvalue weighted by Gasteiger charge is -2.14. The number of hydrogen-bond donors (Lipinski definition) is 0. The van der Waals surface area contributed by atoms with E-state index in [1.54, 1.807) is 0 Å². The lowest BCUT2D eigenvalue weighted by Crippen LogP contribution is -2.20. The molecule has 1 aromatic heterocycles. The minimum atomic E-state index is 0.308. The molecule has 1 fully saturated rings. The molecule has 0 spiro atoms. The van der Waals surface area contributed by atoms with Crippen molar-refractivity contribution in [3.63, 3.8) is 0 Å². The van der Waals surface area contributed by atoms with Crippen molar-refractivity contribution in [3.05, 3.63) is 29.6 Å². The molecule has 2 atom stereocenters. The summed E-state index contributed by atoms with van der Waals surface area (Å²) in [6, 6.07) is 2.19. The Hall–Kier alpha value is -0.600. The fourth-order valence-electron chi connectivity index (χ4n) is 2.11. The molecule has 0 N–H and O–H groups in total. The maximum atomic E-state index is 6.20. The summed E-state index contributed by atoms with van der Waals surface area (Å²) in [4.78, 5) is 6.61. The topological polar surface area (TPSA) is 16.1 Å². The van der Waals surface area contributed by atoms with Gasteiger partial charge in [0.05, 0.1) is 5.38 Å². The average Bonchev–Trinajstić information content (AvgIpc) is 2.45. The van der Waals surface area contributed by atoms with Crippen molar-refractivity contribution >= 4 is 11.6 Å². The summed E-state index contributed by atoms with van der Waals surface area (Å²) in [5, 5.41) is 0.308. The van der Waals surface area contributed by atoms with Crippen LogP contribution in [0.4, 0.5) is 0 Å². The van der Waals surface area contributed by atoms with Crippen LogP contribution in [0, 0.1) is 12.8 Å². The summed E-state index contributed by atoms with van der Waals surface area (Å²) in [5.41, 5.74) is 2.51. The van der Waals surface area contributed by atoms with E-state index < -0.39 is 0 Å². The molecular formula is C12H17ClN2. The number of likely N-dealkylation sites (tertiary alicyclic amines) is 1. The summed E-state index contributed by atoms with van der Waals surface area (Å²) in [6.07, 6.45) is 3.83. The van der Waals surface area contributed by atoms with Crippen molar-refractivity contribution < 1.29 is 0 Å². The van der Waals surface area contributed by atoms with E-state index in [0.29, 0.717) is 11.3 Å². The largest absolute Gasteiger partial charge is 0.297 e. The van der Waals surface area contributed by atoms with E-state index in [0.717, 1.165) is 19.6 Å². The summed E-state index contributed by atoms with van der Waals surface area (Å²) in [5.74, 6) is 0.601. The highest BCUT2D eigenvalue weighted by molar-refractivity contribution is 6.21. The van der Waals surface area contributed by atoms with Gasteiger partial charge in [-0.1, -0.05) is 13.0 Å². The molecule has 3 heteroatoms. The summed E-state index contributed by atoms with van der Waals surface area (Å²) < 4.78 is 0. The van der Waals surface area contributed by atoms with Gasteiger partial charge in [-0.2, -0.15) is 0 Å². The van der Waals surface area contributed by atoms with Crippen molar-refractivity contribution in [2.45, 2.75) is 25.8 Å². The Morgan fingerprint density at radius 2 is 2.27 bits per heavy atom. The average molecular weight is 225 g/mol. The summed E-state index contributed by atoms with van der Waals surface area (Å²) in [7, 11) is 0. The van der Waals surface area contributed by atoms with Crippen LogP contribution in [0.15, 0.2) is 18.5 Å². The van der Waals surface area contributed by atoms with Crippen LogP contribution in [-0.2, 0) is 6.54 Å². The zero-order valence-corrected chi connectivity index (χ0v) is 10.0. The van der Waals surface area contributed by atoms with Gasteiger partial charge in [0.1, 0.15) is 0 Å². The number of alkyl halides is 1. The molecule has 0 bridgehead atoms. The number of hydrogen-bond acceptors (Lipinski definition) is 2. The van der Waals surface area contributed by atoms with Crippen LogP contribution in [0.2, 0.25) is 0 Å². The van der Waals surface area contributed by atoms with Crippen LogP contribution in [0.3, 0.4) is 0 Å². The second-order valence-corrected chi connectivity index (χ2v) is 5.12. The highest BCUT2D eigenvalue weighted by Gasteiger charge is 2.27. The van der Waals surface area contributed by atoms with Crippen LogP contribution >= 0.6 is 11.6 Å². The normalized spacial score (nSPS) is 27.1. The molecule has 1 aliphatic rings. The second-order valence-electron chi connectivity index (χ2n) is 4.56. The SMILES string of the molecule is Cc1cncc(CN2CC(C)C(Cl)C2)c1. The highest BCUT2D eigenvalue weighted by atomic mass is 35.5. The molecule has 1 aliphatic heterocycles. The summed E-state index contributed by atoms with van der Waals surface area (Å²) in [6.45, 7) is 7.36. The lowest BCUT2D eigenvalue weighted by atomic mass is 10.1. The molecule has 0 radical (unpaired) electrons. The molecule has 0 saturated carbocycles. The van der Waals surface area contributed by atoms with Crippen molar-refractivity contribution in [2.24, 2.45) is 5.92 Å². The fourth-order valence-corrected chi connectivity index (χ4v) is 2.39. The Kier molecular flexibility index (Phi) is 3.27. The Labute approximate surface area is 96.3 Å². The van der Waals surface area contributed by atoms with Gasteiger partial charge < -0.3 is 0 Å². The molecule has 15 heavy (non-hydrogen) atoms. The highest BCUT2D eigenvalue weighted by Crippen LogP contribution is 2.22. The maximum absolute atomic E-state index is 6.20. The Morgan fingerprint density at radius 1 is 1.47 bits per heavy atom. The fraction of sp³-hybridized carbons (Fsp3) is 0.583. The molecule has 0 aliphatic carbocycles. The number of aryl methyl sites for hydroxylation is 1. The van der Waals surface area contributed by atoms with Crippen LogP contribution in [0.25, 0.3) is 0 Å². The first kappa shape index (κ1) is 10.9. The van der Waals surface area contributed by atoms with Crippen LogP contribution < -0.4 is 0 Å². The number of rotatable bonds is 2. The molecular weight excluding hydrogens is 208 g/mol. The lowest BCUT2D eigenvalue weighted by molar-refractivity contribution is 0.320. The number of halogens is 1. The molecule has 1 saturated heterocycles. The quantitative estimate of drug-likeness (QED) is 0.718. The number of aromatic nitrogens is 1. The van der Waals surface area contributed by atoms with Crippen molar-refractivity contribution in [1.82, 2.24) is 9.88 Å². The number of pyridine rings is 1. The minimum Gasteiger partial charge on any atom is -0.297 e.